The number of aromatic nitrogens is 3. The van der Waals surface area contributed by atoms with Crippen molar-refractivity contribution in [3.8, 4) is 0 Å². The van der Waals surface area contributed by atoms with E-state index >= 15 is 0 Å². The first-order valence-corrected chi connectivity index (χ1v) is 9.96. The van der Waals surface area contributed by atoms with Crippen molar-refractivity contribution in [3.05, 3.63) is 47.5 Å². The molecule has 28 heavy (non-hydrogen) atoms. The molecule has 1 aliphatic heterocycles. The van der Waals surface area contributed by atoms with E-state index in [0.717, 1.165) is 48.2 Å². The summed E-state index contributed by atoms with van der Waals surface area (Å²) in [6.45, 7) is 8.11. The van der Waals surface area contributed by atoms with Gasteiger partial charge in [-0.15, -0.1) is 5.10 Å². The normalized spacial score (nSPS) is 16.6. The Morgan fingerprint density at radius 1 is 1.29 bits per heavy atom. The molecule has 1 fully saturated rings. The molecular weight excluding hydrogens is 354 g/mol. The summed E-state index contributed by atoms with van der Waals surface area (Å²) < 4.78 is 7.92. The van der Waals surface area contributed by atoms with Gasteiger partial charge in [-0.25, -0.2) is 4.68 Å². The first kappa shape index (κ1) is 18.7. The Kier molecular flexibility index (Phi) is 5.17. The van der Waals surface area contributed by atoms with Gasteiger partial charge < -0.3 is 15.1 Å². The fourth-order valence-corrected chi connectivity index (χ4v) is 3.87. The van der Waals surface area contributed by atoms with Gasteiger partial charge in [0.05, 0.1) is 18.3 Å². The molecule has 1 unspecified atom stereocenters. The summed E-state index contributed by atoms with van der Waals surface area (Å²) in [4.78, 5) is 12.9. The van der Waals surface area contributed by atoms with Gasteiger partial charge in [0.1, 0.15) is 11.3 Å². The molecule has 1 amide bonds. The number of hydrogen-bond donors (Lipinski definition) is 2. The number of nitrogens with one attached hydrogen (secondary N) is 2. The van der Waals surface area contributed by atoms with Crippen LogP contribution in [0.1, 0.15) is 60.6 Å². The van der Waals surface area contributed by atoms with Crippen LogP contribution in [0.25, 0.3) is 11.0 Å². The molecule has 3 heterocycles. The van der Waals surface area contributed by atoms with E-state index in [2.05, 4.69) is 34.8 Å². The molecule has 0 spiro atoms. The number of rotatable bonds is 5. The molecule has 2 aromatic heterocycles. The van der Waals surface area contributed by atoms with Gasteiger partial charge in [0.15, 0.2) is 5.69 Å². The lowest BCUT2D eigenvalue weighted by Gasteiger charge is -2.22. The van der Waals surface area contributed by atoms with Gasteiger partial charge in [-0.2, -0.15) is 0 Å². The number of furan rings is 1. The van der Waals surface area contributed by atoms with Crippen LogP contribution in [0.4, 0.5) is 0 Å². The Balaban J connectivity index is 1.55. The van der Waals surface area contributed by atoms with E-state index in [1.54, 1.807) is 6.20 Å². The predicted molar refractivity (Wildman–Crippen MR) is 107 cm³/mol. The minimum Gasteiger partial charge on any atom is -0.459 e. The van der Waals surface area contributed by atoms with Gasteiger partial charge in [-0.05, 0) is 44.8 Å². The highest BCUT2D eigenvalue weighted by molar-refractivity contribution is 5.92. The molecule has 7 heteroatoms. The molecule has 0 bridgehead atoms. The molecule has 1 saturated heterocycles. The number of hydrogen-bond acceptors (Lipinski definition) is 5. The quantitative estimate of drug-likeness (QED) is 0.708. The van der Waals surface area contributed by atoms with Crippen molar-refractivity contribution in [2.24, 2.45) is 5.92 Å². The monoisotopic (exact) mass is 381 g/mol. The Morgan fingerprint density at radius 2 is 2.04 bits per heavy atom. The molecule has 4 rings (SSSR count). The van der Waals surface area contributed by atoms with Crippen LogP contribution in [-0.2, 0) is 0 Å². The second kappa shape index (κ2) is 7.75. The number of para-hydroxylation sites is 1. The van der Waals surface area contributed by atoms with Crippen LogP contribution in [0.3, 0.4) is 0 Å². The first-order chi connectivity index (χ1) is 13.5. The van der Waals surface area contributed by atoms with E-state index in [1.165, 1.54) is 0 Å². The lowest BCUT2D eigenvalue weighted by Crippen LogP contribution is -2.32. The smallest absolute Gasteiger partial charge is 0.274 e. The zero-order valence-electron chi connectivity index (χ0n) is 16.6. The second-order valence-corrected chi connectivity index (χ2v) is 7.85. The molecule has 3 aromatic rings. The number of carbonyl (C=O) groups excluding carboxylic acids is 1. The predicted octanol–water partition coefficient (Wildman–Crippen LogP) is 3.38. The number of benzene rings is 1. The third-order valence-electron chi connectivity index (χ3n) is 5.54. The van der Waals surface area contributed by atoms with Gasteiger partial charge in [0.2, 0.25) is 0 Å². The highest BCUT2D eigenvalue weighted by Gasteiger charge is 2.27. The largest absolute Gasteiger partial charge is 0.459 e. The summed E-state index contributed by atoms with van der Waals surface area (Å²) in [6, 6.07) is 8.02. The van der Waals surface area contributed by atoms with Crippen molar-refractivity contribution in [1.82, 2.24) is 25.6 Å². The van der Waals surface area contributed by atoms with Crippen LogP contribution < -0.4 is 10.6 Å². The Bertz CT molecular complexity index is 968. The maximum Gasteiger partial charge on any atom is 0.274 e. The van der Waals surface area contributed by atoms with E-state index in [-0.39, 0.29) is 17.9 Å². The lowest BCUT2D eigenvalue weighted by atomic mass is 9.98. The molecule has 148 valence electrons. The number of amides is 1. The maximum absolute atomic E-state index is 12.9. The topological polar surface area (TPSA) is 85.0 Å². The van der Waals surface area contributed by atoms with Crippen molar-refractivity contribution in [1.29, 1.82) is 0 Å². The standard InChI is InChI=1S/C21H27N5O2/c1-13(2)19(20-14(3)16-6-4-5-7-18(16)28-20)23-21(27)17-12-26(25-24-17)15-8-10-22-11-9-15/h4-7,12-13,15,19,22H,8-11H2,1-3H3,(H,23,27). The minimum absolute atomic E-state index is 0.169. The molecule has 2 N–H and O–H groups in total. The summed E-state index contributed by atoms with van der Waals surface area (Å²) in [5.74, 6) is 0.747. The first-order valence-electron chi connectivity index (χ1n) is 9.96. The van der Waals surface area contributed by atoms with Crippen molar-refractivity contribution in [3.63, 3.8) is 0 Å². The summed E-state index contributed by atoms with van der Waals surface area (Å²) in [7, 11) is 0. The third kappa shape index (κ3) is 3.54. The van der Waals surface area contributed by atoms with Crippen LogP contribution in [0.2, 0.25) is 0 Å². The van der Waals surface area contributed by atoms with E-state index in [0.29, 0.717) is 11.7 Å². The average Bonchev–Trinajstić information content (AvgIpc) is 3.32. The highest BCUT2D eigenvalue weighted by Crippen LogP contribution is 2.32. The Morgan fingerprint density at radius 3 is 2.75 bits per heavy atom. The summed E-state index contributed by atoms with van der Waals surface area (Å²) in [5.41, 5.74) is 2.25. The second-order valence-electron chi connectivity index (χ2n) is 7.85. The number of nitrogens with zero attached hydrogens (tertiary/aromatic N) is 3. The molecule has 7 nitrogen and oxygen atoms in total. The van der Waals surface area contributed by atoms with Crippen LogP contribution in [0.15, 0.2) is 34.9 Å². The van der Waals surface area contributed by atoms with Crippen LogP contribution >= 0.6 is 0 Å². The molecular formula is C21H27N5O2. The molecule has 1 aliphatic rings. The van der Waals surface area contributed by atoms with Gasteiger partial charge >= 0.3 is 0 Å². The van der Waals surface area contributed by atoms with Gasteiger partial charge in [0.25, 0.3) is 5.91 Å². The Labute approximate surface area is 164 Å². The van der Waals surface area contributed by atoms with Crippen molar-refractivity contribution in [2.45, 2.75) is 45.7 Å². The summed E-state index contributed by atoms with van der Waals surface area (Å²) in [5, 5.41) is 15.8. The van der Waals surface area contributed by atoms with E-state index in [4.69, 9.17) is 4.42 Å². The van der Waals surface area contributed by atoms with Gasteiger partial charge in [0, 0.05) is 10.9 Å². The van der Waals surface area contributed by atoms with E-state index < -0.39 is 0 Å². The number of carbonyl (C=O) groups is 1. The highest BCUT2D eigenvalue weighted by atomic mass is 16.3. The minimum atomic E-state index is -0.232. The van der Waals surface area contributed by atoms with Crippen molar-refractivity contribution >= 4 is 16.9 Å². The third-order valence-corrected chi connectivity index (χ3v) is 5.54. The van der Waals surface area contributed by atoms with Crippen LogP contribution in [0.5, 0.6) is 0 Å². The van der Waals surface area contributed by atoms with Crippen molar-refractivity contribution < 1.29 is 9.21 Å². The maximum atomic E-state index is 12.9. The lowest BCUT2D eigenvalue weighted by molar-refractivity contribution is 0.0913. The molecule has 1 atom stereocenters. The number of piperidine rings is 1. The SMILES string of the molecule is Cc1c(C(NC(=O)c2cn(C3CCNCC3)nn2)C(C)C)oc2ccccc12. The van der Waals surface area contributed by atoms with Crippen LogP contribution in [-0.4, -0.2) is 34.0 Å². The summed E-state index contributed by atoms with van der Waals surface area (Å²) in [6.07, 6.45) is 3.75. The average molecular weight is 381 g/mol. The van der Waals surface area contributed by atoms with Gasteiger partial charge in [-0.1, -0.05) is 37.3 Å². The fourth-order valence-electron chi connectivity index (χ4n) is 3.87. The number of aryl methyl sites for hydroxylation is 1. The molecule has 1 aromatic carbocycles. The van der Waals surface area contributed by atoms with Gasteiger partial charge in [-0.3, -0.25) is 4.79 Å². The van der Waals surface area contributed by atoms with E-state index in [1.807, 2.05) is 35.9 Å². The molecule has 0 saturated carbocycles. The zero-order chi connectivity index (χ0) is 19.7. The molecule has 0 aliphatic carbocycles. The number of fused-ring (bicyclic) bond motifs is 1. The fraction of sp³-hybridized carbons (Fsp3) is 0.476. The van der Waals surface area contributed by atoms with Crippen LogP contribution in [0, 0.1) is 12.8 Å². The Hall–Kier alpha value is -2.67. The summed E-state index contributed by atoms with van der Waals surface area (Å²) >= 11 is 0. The van der Waals surface area contributed by atoms with Crippen molar-refractivity contribution in [2.75, 3.05) is 13.1 Å². The molecule has 0 radical (unpaired) electrons. The van der Waals surface area contributed by atoms with E-state index in [9.17, 15) is 4.79 Å². The zero-order valence-corrected chi connectivity index (χ0v) is 16.6.